The molecule has 2 aromatic carbocycles. The molecule has 2 heterocycles. The van der Waals surface area contributed by atoms with E-state index in [9.17, 15) is 4.79 Å². The van der Waals surface area contributed by atoms with Crippen molar-refractivity contribution in [3.63, 3.8) is 0 Å². The van der Waals surface area contributed by atoms with Gasteiger partial charge in [0.05, 0.1) is 26.8 Å². The van der Waals surface area contributed by atoms with Gasteiger partial charge in [0, 0.05) is 43.8 Å². The molecular weight excluding hydrogens is 462 g/mol. The number of carbonyl (C=O) groups excluding carboxylic acids is 1. The molecule has 194 valence electrons. The van der Waals surface area contributed by atoms with Crippen LogP contribution in [-0.2, 0) is 11.3 Å². The monoisotopic (exact) mass is 497 g/mol. The van der Waals surface area contributed by atoms with Gasteiger partial charge in [-0.25, -0.2) is 0 Å². The molecule has 0 radical (unpaired) electrons. The molecule has 0 saturated carbocycles. The van der Waals surface area contributed by atoms with Gasteiger partial charge in [-0.3, -0.25) is 9.69 Å². The summed E-state index contributed by atoms with van der Waals surface area (Å²) >= 11 is 0. The molecular formula is C27H35N3O6. The third kappa shape index (κ3) is 5.85. The van der Waals surface area contributed by atoms with Gasteiger partial charge in [-0.05, 0) is 43.7 Å². The van der Waals surface area contributed by atoms with Gasteiger partial charge in [0.2, 0.25) is 0 Å². The fraction of sp³-hybridized carbons (Fsp3) is 0.444. The van der Waals surface area contributed by atoms with E-state index in [1.165, 1.54) is 0 Å². The van der Waals surface area contributed by atoms with E-state index in [4.69, 9.17) is 23.7 Å². The number of nitrogens with zero attached hydrogens (tertiary/aromatic N) is 1. The number of benzene rings is 2. The molecule has 0 aliphatic carbocycles. The predicted octanol–water partition coefficient (Wildman–Crippen LogP) is 3.61. The Morgan fingerprint density at radius 1 is 1.08 bits per heavy atom. The molecule has 2 N–H and O–H groups in total. The normalized spacial score (nSPS) is 14.1. The van der Waals surface area contributed by atoms with Gasteiger partial charge in [-0.1, -0.05) is 12.1 Å². The molecule has 1 aliphatic heterocycles. The number of nitrogens with one attached hydrogen (secondary N) is 2. The number of fused-ring (bicyclic) bond motifs is 1. The van der Waals surface area contributed by atoms with E-state index in [0.717, 1.165) is 49.3 Å². The number of H-pyrrole nitrogens is 1. The zero-order chi connectivity index (χ0) is 25.5. The van der Waals surface area contributed by atoms with Gasteiger partial charge in [0.15, 0.2) is 11.5 Å². The van der Waals surface area contributed by atoms with Gasteiger partial charge in [-0.15, -0.1) is 0 Å². The topological polar surface area (TPSA) is 94.3 Å². The van der Waals surface area contributed by atoms with Crippen LogP contribution >= 0.6 is 0 Å². The second-order valence-corrected chi connectivity index (χ2v) is 8.79. The fourth-order valence-corrected chi connectivity index (χ4v) is 4.50. The van der Waals surface area contributed by atoms with Crippen LogP contribution in [0, 0.1) is 0 Å². The van der Waals surface area contributed by atoms with Crippen molar-refractivity contribution >= 4 is 16.8 Å². The number of rotatable bonds is 11. The van der Waals surface area contributed by atoms with Crippen molar-refractivity contribution < 1.29 is 28.5 Å². The Kier molecular flexibility index (Phi) is 8.56. The lowest BCUT2D eigenvalue weighted by molar-refractivity contribution is 0.0392. The van der Waals surface area contributed by atoms with Gasteiger partial charge < -0.3 is 34.0 Å². The molecule has 1 saturated heterocycles. The van der Waals surface area contributed by atoms with Gasteiger partial charge in [0.1, 0.15) is 23.8 Å². The maximum atomic E-state index is 12.9. The number of hydrogen-bond acceptors (Lipinski definition) is 7. The Labute approximate surface area is 211 Å². The van der Waals surface area contributed by atoms with Crippen molar-refractivity contribution in [1.29, 1.82) is 0 Å². The highest BCUT2D eigenvalue weighted by Gasteiger charge is 2.20. The van der Waals surface area contributed by atoms with Crippen LogP contribution in [0.15, 0.2) is 36.4 Å². The van der Waals surface area contributed by atoms with E-state index in [-0.39, 0.29) is 5.91 Å². The molecule has 0 bridgehead atoms. The number of ether oxygens (including phenoxy) is 5. The standard InChI is InChI=1S/C27H35N3O6/c1-30(19-8-11-35-12-9-19)10-13-36-20-7-5-6-18(14-20)17-28-27(31)22-15-21-23(32-2)16-24(33-3)26(34-4)25(21)29-22/h5-7,14-16,19,29H,8-13,17H2,1-4H3,(H,28,31). The zero-order valence-electron chi connectivity index (χ0n) is 21.4. The van der Waals surface area contributed by atoms with Crippen LogP contribution in [0.5, 0.6) is 23.0 Å². The average Bonchev–Trinajstić information content (AvgIpc) is 3.37. The minimum atomic E-state index is -0.237. The van der Waals surface area contributed by atoms with Crippen LogP contribution in [-0.4, -0.2) is 76.6 Å². The van der Waals surface area contributed by atoms with Crippen molar-refractivity contribution in [2.45, 2.75) is 25.4 Å². The summed E-state index contributed by atoms with van der Waals surface area (Å²) in [6.07, 6.45) is 2.13. The number of aromatic amines is 1. The first kappa shape index (κ1) is 25.7. The van der Waals surface area contributed by atoms with Gasteiger partial charge >= 0.3 is 0 Å². The van der Waals surface area contributed by atoms with Crippen molar-refractivity contribution in [1.82, 2.24) is 15.2 Å². The second kappa shape index (κ2) is 12.0. The second-order valence-electron chi connectivity index (χ2n) is 8.79. The molecule has 1 aromatic heterocycles. The molecule has 36 heavy (non-hydrogen) atoms. The lowest BCUT2D eigenvalue weighted by Gasteiger charge is -2.31. The third-order valence-corrected chi connectivity index (χ3v) is 6.56. The van der Waals surface area contributed by atoms with E-state index in [1.807, 2.05) is 24.3 Å². The SMILES string of the molecule is COc1cc(OC)c2cc(C(=O)NCc3cccc(OCCN(C)C4CCOCC4)c3)[nH]c2c1OC. The maximum Gasteiger partial charge on any atom is 0.268 e. The first-order valence-electron chi connectivity index (χ1n) is 12.1. The summed E-state index contributed by atoms with van der Waals surface area (Å²) in [6, 6.07) is 11.8. The molecule has 1 fully saturated rings. The molecule has 4 rings (SSSR count). The molecule has 1 aliphatic rings. The zero-order valence-corrected chi connectivity index (χ0v) is 21.4. The number of aromatic nitrogens is 1. The van der Waals surface area contributed by atoms with Gasteiger partial charge in [0.25, 0.3) is 5.91 Å². The van der Waals surface area contributed by atoms with Crippen LogP contribution in [0.3, 0.4) is 0 Å². The first-order valence-corrected chi connectivity index (χ1v) is 12.1. The Balaban J connectivity index is 1.36. The Hall–Kier alpha value is -3.43. The molecule has 1 amide bonds. The summed E-state index contributed by atoms with van der Waals surface area (Å²) in [5, 5.41) is 3.70. The maximum absolute atomic E-state index is 12.9. The summed E-state index contributed by atoms with van der Waals surface area (Å²) in [5.41, 5.74) is 1.99. The number of likely N-dealkylation sites (N-methyl/N-ethyl adjacent to an activating group) is 1. The Morgan fingerprint density at radius 2 is 1.86 bits per heavy atom. The Bertz CT molecular complexity index is 1170. The number of hydrogen-bond donors (Lipinski definition) is 2. The smallest absolute Gasteiger partial charge is 0.268 e. The lowest BCUT2D eigenvalue weighted by atomic mass is 10.1. The summed E-state index contributed by atoms with van der Waals surface area (Å²) in [7, 11) is 6.83. The van der Waals surface area contributed by atoms with E-state index >= 15 is 0 Å². The van der Waals surface area contributed by atoms with E-state index in [1.54, 1.807) is 33.5 Å². The summed E-state index contributed by atoms with van der Waals surface area (Å²) < 4.78 is 27.8. The molecule has 0 unspecified atom stereocenters. The van der Waals surface area contributed by atoms with Crippen molar-refractivity contribution in [3.05, 3.63) is 47.7 Å². The largest absolute Gasteiger partial charge is 0.496 e. The van der Waals surface area contributed by atoms with Gasteiger partial charge in [-0.2, -0.15) is 0 Å². The van der Waals surface area contributed by atoms with Crippen LogP contribution in [0.4, 0.5) is 0 Å². The minimum absolute atomic E-state index is 0.237. The number of carbonyl (C=O) groups is 1. The van der Waals surface area contributed by atoms with Crippen molar-refractivity contribution in [3.8, 4) is 23.0 Å². The first-order chi connectivity index (χ1) is 17.5. The van der Waals surface area contributed by atoms with Crippen LogP contribution < -0.4 is 24.3 Å². The predicted molar refractivity (Wildman–Crippen MR) is 138 cm³/mol. The average molecular weight is 498 g/mol. The van der Waals surface area contributed by atoms with Crippen LogP contribution in [0.2, 0.25) is 0 Å². The van der Waals surface area contributed by atoms with E-state index in [0.29, 0.717) is 47.7 Å². The molecule has 0 spiro atoms. The highest BCUT2D eigenvalue weighted by atomic mass is 16.5. The highest BCUT2D eigenvalue weighted by molar-refractivity contribution is 6.02. The van der Waals surface area contributed by atoms with Crippen LogP contribution in [0.25, 0.3) is 10.9 Å². The molecule has 9 nitrogen and oxygen atoms in total. The quantitative estimate of drug-likeness (QED) is 0.418. The highest BCUT2D eigenvalue weighted by Crippen LogP contribution is 2.41. The molecule has 0 atom stereocenters. The minimum Gasteiger partial charge on any atom is -0.496 e. The van der Waals surface area contributed by atoms with Crippen LogP contribution in [0.1, 0.15) is 28.9 Å². The molecule has 3 aromatic rings. The third-order valence-electron chi connectivity index (χ3n) is 6.56. The van der Waals surface area contributed by atoms with E-state index in [2.05, 4.69) is 22.2 Å². The summed E-state index contributed by atoms with van der Waals surface area (Å²) in [4.78, 5) is 18.4. The van der Waals surface area contributed by atoms with Crippen molar-refractivity contribution in [2.24, 2.45) is 0 Å². The summed E-state index contributed by atoms with van der Waals surface area (Å²) in [6.45, 7) is 3.48. The number of amides is 1. The summed E-state index contributed by atoms with van der Waals surface area (Å²) in [5.74, 6) is 2.17. The fourth-order valence-electron chi connectivity index (χ4n) is 4.50. The number of methoxy groups -OCH3 is 3. The lowest BCUT2D eigenvalue weighted by Crippen LogP contribution is -2.38. The molecule has 9 heteroatoms. The van der Waals surface area contributed by atoms with E-state index < -0.39 is 0 Å². The Morgan fingerprint density at radius 3 is 2.58 bits per heavy atom. The van der Waals surface area contributed by atoms with Crippen molar-refractivity contribution in [2.75, 3.05) is 54.7 Å².